The van der Waals surface area contributed by atoms with Gasteiger partial charge in [0.2, 0.25) is 11.8 Å². The lowest BCUT2D eigenvalue weighted by Gasteiger charge is -2.24. The summed E-state index contributed by atoms with van der Waals surface area (Å²) in [5, 5.41) is 16.7. The highest BCUT2D eigenvalue weighted by Crippen LogP contribution is 2.44. The number of rotatable bonds is 7. The van der Waals surface area contributed by atoms with E-state index in [0.29, 0.717) is 29.6 Å². The Morgan fingerprint density at radius 1 is 1.33 bits per heavy atom. The van der Waals surface area contributed by atoms with Gasteiger partial charge < -0.3 is 19.9 Å². The van der Waals surface area contributed by atoms with Crippen LogP contribution in [-0.4, -0.2) is 23.9 Å². The zero-order chi connectivity index (χ0) is 19.4. The molecule has 0 fully saturated rings. The van der Waals surface area contributed by atoms with Gasteiger partial charge in [-0.2, -0.15) is 5.26 Å². The monoisotopic (exact) mass is 368 g/mol. The van der Waals surface area contributed by atoms with E-state index in [1.165, 1.54) is 0 Å². The van der Waals surface area contributed by atoms with Crippen molar-refractivity contribution in [2.45, 2.75) is 39.0 Å². The Labute approximate surface area is 158 Å². The van der Waals surface area contributed by atoms with Crippen molar-refractivity contribution in [3.8, 4) is 23.4 Å². The molecule has 0 aliphatic carbocycles. The molecule has 3 rings (SSSR count). The number of nitriles is 1. The number of ether oxygens (including phenoxy) is 3. The standard InChI is InChI=1S/C20H24N4O3/c1-4-5-6-9-26-15-8-7-13(10-16(15)25-3)18-14(11-21)19(22)27-20-17(18)12(2)23-24-20/h7-8,10,18H,4-6,9,22H2,1-3H3,(H,23,24)/t18-/m1/s1. The number of H-pyrrole nitrogens is 1. The summed E-state index contributed by atoms with van der Waals surface area (Å²) < 4.78 is 16.9. The van der Waals surface area contributed by atoms with Gasteiger partial charge in [0.05, 0.1) is 19.6 Å². The average Bonchev–Trinajstić information content (AvgIpc) is 3.04. The molecule has 142 valence electrons. The topological polar surface area (TPSA) is 106 Å². The van der Waals surface area contributed by atoms with Crippen LogP contribution in [0.4, 0.5) is 0 Å². The van der Waals surface area contributed by atoms with Crippen molar-refractivity contribution >= 4 is 0 Å². The Morgan fingerprint density at radius 3 is 2.85 bits per heavy atom. The minimum atomic E-state index is -0.374. The third-order valence-electron chi connectivity index (χ3n) is 4.66. The Hall–Kier alpha value is -3.14. The van der Waals surface area contributed by atoms with E-state index in [4.69, 9.17) is 19.9 Å². The van der Waals surface area contributed by atoms with Crippen LogP contribution in [0, 0.1) is 18.3 Å². The SMILES string of the molecule is CCCCCOc1ccc([C@@H]2C(C#N)=C(N)Oc3n[nH]c(C)c32)cc1OC. The van der Waals surface area contributed by atoms with Crippen LogP contribution < -0.4 is 19.9 Å². The molecule has 1 aromatic heterocycles. The molecule has 0 unspecified atom stereocenters. The molecule has 7 heteroatoms. The van der Waals surface area contributed by atoms with Gasteiger partial charge in [-0.25, -0.2) is 0 Å². The smallest absolute Gasteiger partial charge is 0.244 e. The van der Waals surface area contributed by atoms with Gasteiger partial charge in [-0.3, -0.25) is 5.10 Å². The van der Waals surface area contributed by atoms with Crippen molar-refractivity contribution in [2.24, 2.45) is 5.73 Å². The maximum Gasteiger partial charge on any atom is 0.244 e. The molecule has 2 aromatic rings. The first kappa shape index (κ1) is 18.6. The summed E-state index contributed by atoms with van der Waals surface area (Å²) in [5.74, 6) is 1.40. The molecule has 0 bridgehead atoms. The van der Waals surface area contributed by atoms with Crippen LogP contribution >= 0.6 is 0 Å². The molecule has 27 heavy (non-hydrogen) atoms. The molecular formula is C20H24N4O3. The van der Waals surface area contributed by atoms with Gasteiger partial charge in [-0.05, 0) is 31.0 Å². The molecular weight excluding hydrogens is 344 g/mol. The number of unbranched alkanes of at least 4 members (excludes halogenated alkanes) is 2. The number of allylic oxidation sites excluding steroid dienone is 1. The van der Waals surface area contributed by atoms with Gasteiger partial charge in [0, 0.05) is 11.3 Å². The number of methoxy groups -OCH3 is 1. The predicted molar refractivity (Wildman–Crippen MR) is 101 cm³/mol. The second-order valence-electron chi connectivity index (χ2n) is 6.46. The van der Waals surface area contributed by atoms with E-state index in [-0.39, 0.29) is 11.8 Å². The third kappa shape index (κ3) is 3.56. The van der Waals surface area contributed by atoms with E-state index < -0.39 is 0 Å². The van der Waals surface area contributed by atoms with Crippen LogP contribution in [0.15, 0.2) is 29.7 Å². The number of fused-ring (bicyclic) bond motifs is 1. The zero-order valence-electron chi connectivity index (χ0n) is 15.8. The molecule has 2 heterocycles. The molecule has 0 spiro atoms. The fraction of sp³-hybridized carbons (Fsp3) is 0.400. The quantitative estimate of drug-likeness (QED) is 0.724. The Morgan fingerprint density at radius 2 is 2.15 bits per heavy atom. The minimum absolute atomic E-state index is 0.0698. The van der Waals surface area contributed by atoms with E-state index in [2.05, 4.69) is 23.2 Å². The Kier molecular flexibility index (Phi) is 5.55. The van der Waals surface area contributed by atoms with Crippen molar-refractivity contribution in [1.29, 1.82) is 5.26 Å². The summed E-state index contributed by atoms with van der Waals surface area (Å²) in [6.45, 7) is 4.69. The first-order valence-electron chi connectivity index (χ1n) is 9.03. The lowest BCUT2D eigenvalue weighted by Crippen LogP contribution is -2.21. The average molecular weight is 368 g/mol. The number of aryl methyl sites for hydroxylation is 1. The van der Waals surface area contributed by atoms with Gasteiger partial charge in [-0.15, -0.1) is 5.10 Å². The number of aromatic amines is 1. The third-order valence-corrected chi connectivity index (χ3v) is 4.66. The predicted octanol–water partition coefficient (Wildman–Crippen LogP) is 3.51. The Bertz CT molecular complexity index is 895. The summed E-state index contributed by atoms with van der Waals surface area (Å²) in [7, 11) is 1.60. The number of benzene rings is 1. The highest BCUT2D eigenvalue weighted by Gasteiger charge is 2.34. The number of nitrogens with two attached hydrogens (primary N) is 1. The van der Waals surface area contributed by atoms with Crippen molar-refractivity contribution in [3.63, 3.8) is 0 Å². The van der Waals surface area contributed by atoms with E-state index in [9.17, 15) is 5.26 Å². The van der Waals surface area contributed by atoms with Crippen molar-refractivity contribution in [2.75, 3.05) is 13.7 Å². The first-order valence-corrected chi connectivity index (χ1v) is 9.03. The fourth-order valence-corrected chi connectivity index (χ4v) is 3.25. The number of aromatic nitrogens is 2. The van der Waals surface area contributed by atoms with Crippen LogP contribution in [0.3, 0.4) is 0 Å². The van der Waals surface area contributed by atoms with Gasteiger partial charge in [0.25, 0.3) is 0 Å². The highest BCUT2D eigenvalue weighted by atomic mass is 16.5. The van der Waals surface area contributed by atoms with Gasteiger partial charge in [-0.1, -0.05) is 25.8 Å². The fourth-order valence-electron chi connectivity index (χ4n) is 3.25. The Balaban J connectivity index is 1.97. The second kappa shape index (κ2) is 8.04. The van der Waals surface area contributed by atoms with Crippen molar-refractivity contribution in [3.05, 3.63) is 46.5 Å². The largest absolute Gasteiger partial charge is 0.493 e. The van der Waals surface area contributed by atoms with Crippen molar-refractivity contribution in [1.82, 2.24) is 10.2 Å². The number of hydrogen-bond acceptors (Lipinski definition) is 6. The van der Waals surface area contributed by atoms with Crippen LogP contribution in [0.2, 0.25) is 0 Å². The molecule has 3 N–H and O–H groups in total. The molecule has 1 aromatic carbocycles. The van der Waals surface area contributed by atoms with Crippen LogP contribution in [0.1, 0.15) is 48.9 Å². The number of hydrogen-bond donors (Lipinski definition) is 2. The van der Waals surface area contributed by atoms with Gasteiger partial charge in [0.1, 0.15) is 11.6 Å². The van der Waals surface area contributed by atoms with E-state index >= 15 is 0 Å². The lowest BCUT2D eigenvalue weighted by molar-refractivity contribution is 0.286. The van der Waals surface area contributed by atoms with E-state index in [0.717, 1.165) is 36.1 Å². The maximum absolute atomic E-state index is 9.64. The van der Waals surface area contributed by atoms with E-state index in [1.54, 1.807) is 7.11 Å². The van der Waals surface area contributed by atoms with E-state index in [1.807, 2.05) is 25.1 Å². The second-order valence-corrected chi connectivity index (χ2v) is 6.46. The zero-order valence-corrected chi connectivity index (χ0v) is 15.8. The summed E-state index contributed by atoms with van der Waals surface area (Å²) in [6, 6.07) is 7.85. The molecule has 1 aliphatic rings. The molecule has 0 saturated heterocycles. The first-order chi connectivity index (χ1) is 13.1. The highest BCUT2D eigenvalue weighted by molar-refractivity contribution is 5.57. The summed E-state index contributed by atoms with van der Waals surface area (Å²) >= 11 is 0. The van der Waals surface area contributed by atoms with Gasteiger partial charge in [0.15, 0.2) is 11.5 Å². The summed E-state index contributed by atoms with van der Waals surface area (Å²) in [5.41, 5.74) is 8.81. The minimum Gasteiger partial charge on any atom is -0.493 e. The molecule has 0 amide bonds. The lowest BCUT2D eigenvalue weighted by atomic mass is 9.84. The molecule has 0 saturated carbocycles. The maximum atomic E-state index is 9.64. The molecule has 0 radical (unpaired) electrons. The van der Waals surface area contributed by atoms with Crippen LogP contribution in [0.25, 0.3) is 0 Å². The summed E-state index contributed by atoms with van der Waals surface area (Å²) in [4.78, 5) is 0. The van der Waals surface area contributed by atoms with Crippen LogP contribution in [-0.2, 0) is 0 Å². The number of nitrogens with zero attached hydrogens (tertiary/aromatic N) is 2. The molecule has 1 aliphatic heterocycles. The molecule has 7 nitrogen and oxygen atoms in total. The number of nitrogens with one attached hydrogen (secondary N) is 1. The normalized spacial score (nSPS) is 15.7. The van der Waals surface area contributed by atoms with Crippen molar-refractivity contribution < 1.29 is 14.2 Å². The summed E-state index contributed by atoms with van der Waals surface area (Å²) in [6.07, 6.45) is 3.26. The molecule has 1 atom stereocenters. The van der Waals surface area contributed by atoms with Crippen LogP contribution in [0.5, 0.6) is 17.4 Å². The van der Waals surface area contributed by atoms with Gasteiger partial charge >= 0.3 is 0 Å².